The van der Waals surface area contributed by atoms with E-state index in [1.807, 2.05) is 38.1 Å². The van der Waals surface area contributed by atoms with Crippen molar-refractivity contribution in [3.05, 3.63) is 59.7 Å². The highest BCUT2D eigenvalue weighted by atomic mass is 16.2. The number of amides is 6. The van der Waals surface area contributed by atoms with Gasteiger partial charge in [0, 0.05) is 25.5 Å². The number of carbonyl (C=O) groups is 3. The van der Waals surface area contributed by atoms with Gasteiger partial charge in [-0.15, -0.1) is 0 Å². The van der Waals surface area contributed by atoms with Crippen molar-refractivity contribution >= 4 is 29.5 Å². The minimum Gasteiger partial charge on any atom is -0.314 e. The van der Waals surface area contributed by atoms with Gasteiger partial charge in [-0.05, 0) is 38.1 Å². The van der Waals surface area contributed by atoms with Crippen LogP contribution in [0, 0.1) is 13.8 Å². The van der Waals surface area contributed by atoms with Crippen molar-refractivity contribution in [1.82, 2.24) is 20.4 Å². The second-order valence-corrected chi connectivity index (χ2v) is 7.32. The molecule has 9 nitrogen and oxygen atoms in total. The predicted molar refractivity (Wildman–Crippen MR) is 115 cm³/mol. The molecule has 9 heteroatoms. The van der Waals surface area contributed by atoms with Gasteiger partial charge < -0.3 is 31.1 Å². The monoisotopic (exact) mass is 410 g/mol. The summed E-state index contributed by atoms with van der Waals surface area (Å²) in [6, 6.07) is 13.4. The van der Waals surface area contributed by atoms with Crippen LogP contribution in [0.5, 0.6) is 0 Å². The Morgan fingerprint density at radius 1 is 0.700 bits per heavy atom. The van der Waals surface area contributed by atoms with E-state index in [4.69, 9.17) is 0 Å². The van der Waals surface area contributed by atoms with E-state index in [1.165, 1.54) is 9.80 Å². The van der Waals surface area contributed by atoms with Crippen LogP contribution in [0.25, 0.3) is 0 Å². The fraction of sp³-hybridized carbons (Fsp3) is 0.286. The van der Waals surface area contributed by atoms with Crippen LogP contribution in [-0.2, 0) is 0 Å². The van der Waals surface area contributed by atoms with Crippen molar-refractivity contribution in [2.75, 3.05) is 24.7 Å². The Labute approximate surface area is 175 Å². The number of anilines is 2. The molecule has 2 aromatic rings. The van der Waals surface area contributed by atoms with Crippen molar-refractivity contribution in [3.63, 3.8) is 0 Å². The minimum absolute atomic E-state index is 0.323. The molecule has 6 amide bonds. The van der Waals surface area contributed by atoms with Gasteiger partial charge in [-0.25, -0.2) is 14.4 Å². The number of likely N-dealkylation sites (N-methyl/N-ethyl adjacent to an activating group) is 2. The summed E-state index contributed by atoms with van der Waals surface area (Å²) in [4.78, 5) is 40.0. The first-order chi connectivity index (χ1) is 14.2. The molecule has 0 saturated carbocycles. The maximum absolute atomic E-state index is 12.5. The second kappa shape index (κ2) is 8.73. The van der Waals surface area contributed by atoms with Crippen LogP contribution >= 0.6 is 0 Å². The maximum atomic E-state index is 12.5. The summed E-state index contributed by atoms with van der Waals surface area (Å²) < 4.78 is 0. The molecule has 30 heavy (non-hydrogen) atoms. The first kappa shape index (κ1) is 21.0. The Bertz CT molecular complexity index is 853. The van der Waals surface area contributed by atoms with Crippen molar-refractivity contribution in [2.45, 2.75) is 26.2 Å². The van der Waals surface area contributed by atoms with Crippen LogP contribution < -0.4 is 21.3 Å². The molecule has 0 bridgehead atoms. The van der Waals surface area contributed by atoms with E-state index in [1.54, 1.807) is 38.4 Å². The molecule has 3 rings (SSSR count). The van der Waals surface area contributed by atoms with Gasteiger partial charge in [-0.1, -0.05) is 35.4 Å². The van der Waals surface area contributed by atoms with Gasteiger partial charge in [0.2, 0.25) is 0 Å². The zero-order valence-electron chi connectivity index (χ0n) is 17.4. The van der Waals surface area contributed by atoms with Crippen LogP contribution in [0.1, 0.15) is 11.1 Å². The number of nitrogens with zero attached hydrogens (tertiary/aromatic N) is 2. The van der Waals surface area contributed by atoms with Gasteiger partial charge in [-0.2, -0.15) is 0 Å². The molecule has 4 N–H and O–H groups in total. The lowest BCUT2D eigenvalue weighted by Crippen LogP contribution is -2.57. The van der Waals surface area contributed by atoms with Gasteiger partial charge in [0.25, 0.3) is 0 Å². The first-order valence-corrected chi connectivity index (χ1v) is 9.52. The molecule has 0 spiro atoms. The topological polar surface area (TPSA) is 106 Å². The zero-order chi connectivity index (χ0) is 21.8. The largest absolute Gasteiger partial charge is 0.323 e. The summed E-state index contributed by atoms with van der Waals surface area (Å²) >= 11 is 0. The van der Waals surface area contributed by atoms with Crippen LogP contribution in [0.15, 0.2) is 48.5 Å². The fourth-order valence-corrected chi connectivity index (χ4v) is 3.14. The predicted octanol–water partition coefficient (Wildman–Crippen LogP) is 2.90. The number of hydrogen-bond donors (Lipinski definition) is 4. The first-order valence-electron chi connectivity index (χ1n) is 9.52. The van der Waals surface area contributed by atoms with Crippen LogP contribution in [0.3, 0.4) is 0 Å². The lowest BCUT2D eigenvalue weighted by atomic mass is 10.2. The Balaban J connectivity index is 1.65. The molecule has 2 atom stereocenters. The van der Waals surface area contributed by atoms with Crippen molar-refractivity contribution in [1.29, 1.82) is 0 Å². The van der Waals surface area contributed by atoms with Gasteiger partial charge in [0.05, 0.1) is 0 Å². The molecular weight excluding hydrogens is 384 g/mol. The van der Waals surface area contributed by atoms with E-state index in [2.05, 4.69) is 21.3 Å². The van der Waals surface area contributed by atoms with Gasteiger partial charge in [0.15, 0.2) is 0 Å². The number of rotatable bonds is 4. The molecule has 0 aromatic heterocycles. The zero-order valence-corrected chi connectivity index (χ0v) is 17.4. The van der Waals surface area contributed by atoms with Crippen LogP contribution in [0.4, 0.5) is 25.8 Å². The lowest BCUT2D eigenvalue weighted by molar-refractivity contribution is 0.197. The van der Waals surface area contributed by atoms with Crippen molar-refractivity contribution < 1.29 is 14.4 Å². The maximum Gasteiger partial charge on any atom is 0.323 e. The number of hydrogen-bond acceptors (Lipinski definition) is 3. The highest BCUT2D eigenvalue weighted by molar-refractivity contribution is 5.92. The van der Waals surface area contributed by atoms with Crippen LogP contribution in [-0.4, -0.2) is 54.3 Å². The van der Waals surface area contributed by atoms with E-state index in [-0.39, 0.29) is 6.03 Å². The average molecular weight is 410 g/mol. The quantitative estimate of drug-likeness (QED) is 0.623. The van der Waals surface area contributed by atoms with Crippen molar-refractivity contribution in [3.8, 4) is 0 Å². The van der Waals surface area contributed by atoms with E-state index < -0.39 is 24.4 Å². The Morgan fingerprint density at radius 3 is 1.37 bits per heavy atom. The Kier molecular flexibility index (Phi) is 6.10. The minimum atomic E-state index is -0.753. The van der Waals surface area contributed by atoms with E-state index in [0.29, 0.717) is 11.4 Å². The summed E-state index contributed by atoms with van der Waals surface area (Å²) in [6.07, 6.45) is -1.51. The second-order valence-electron chi connectivity index (χ2n) is 7.32. The van der Waals surface area contributed by atoms with Crippen molar-refractivity contribution in [2.24, 2.45) is 0 Å². The molecule has 0 radical (unpaired) electrons. The van der Waals surface area contributed by atoms with Crippen LogP contribution in [0.2, 0.25) is 0 Å². The molecule has 1 aliphatic heterocycles. The fourth-order valence-electron chi connectivity index (χ4n) is 3.14. The molecule has 2 aromatic carbocycles. The molecule has 0 aliphatic carbocycles. The molecule has 1 saturated heterocycles. The lowest BCUT2D eigenvalue weighted by Gasteiger charge is -2.27. The van der Waals surface area contributed by atoms with Gasteiger partial charge >= 0.3 is 18.1 Å². The number of aryl methyl sites for hydroxylation is 2. The molecule has 0 unspecified atom stereocenters. The van der Waals surface area contributed by atoms with Gasteiger partial charge in [0.1, 0.15) is 12.3 Å². The third-order valence-electron chi connectivity index (χ3n) is 4.91. The highest BCUT2D eigenvalue weighted by Crippen LogP contribution is 2.17. The number of urea groups is 3. The summed E-state index contributed by atoms with van der Waals surface area (Å²) in [7, 11) is 3.13. The average Bonchev–Trinajstić information content (AvgIpc) is 2.90. The summed E-state index contributed by atoms with van der Waals surface area (Å²) in [5.41, 5.74) is 3.40. The molecule has 1 fully saturated rings. The Morgan fingerprint density at radius 2 is 1.03 bits per heavy atom. The SMILES string of the molecule is Cc1ccc(NC(=O)N[C@@H]2[C@H](NC(=O)Nc3ccc(C)cc3)N(C)C(=O)N2C)cc1. The van der Waals surface area contributed by atoms with E-state index in [0.717, 1.165) is 11.1 Å². The number of carbonyl (C=O) groups excluding carboxylic acids is 3. The summed E-state index contributed by atoms with van der Waals surface area (Å²) in [6.45, 7) is 3.91. The van der Waals surface area contributed by atoms with E-state index in [9.17, 15) is 14.4 Å². The van der Waals surface area contributed by atoms with Gasteiger partial charge in [-0.3, -0.25) is 0 Å². The molecule has 1 aliphatic rings. The Hall–Kier alpha value is -3.75. The molecular formula is C21H26N6O3. The number of nitrogens with one attached hydrogen (secondary N) is 4. The molecule has 1 heterocycles. The van der Waals surface area contributed by atoms with E-state index >= 15 is 0 Å². The standard InChI is InChI=1S/C21H26N6O3/c1-13-5-9-15(10-6-13)22-19(28)24-17-18(27(4)21(30)26(17)3)25-20(29)23-16-11-7-14(2)8-12-16/h5-12,17-18H,1-4H3,(H2,22,24,28)(H2,23,25,29)/t17-,18+. The normalized spacial score (nSPS) is 18.2. The number of benzene rings is 2. The highest BCUT2D eigenvalue weighted by Gasteiger charge is 2.43. The third kappa shape index (κ3) is 4.80. The summed E-state index contributed by atoms with van der Waals surface area (Å²) in [5.74, 6) is 0. The summed E-state index contributed by atoms with van der Waals surface area (Å²) in [5, 5.41) is 11.0. The smallest absolute Gasteiger partial charge is 0.314 e. The third-order valence-corrected chi connectivity index (χ3v) is 4.91. The molecule has 158 valence electrons.